The van der Waals surface area contributed by atoms with Gasteiger partial charge in [0.15, 0.2) is 5.84 Å². The number of alkyl halides is 2. The molecule has 7 heteroatoms. The molecule has 0 saturated heterocycles. The summed E-state index contributed by atoms with van der Waals surface area (Å²) in [6.45, 7) is 9.82. The fourth-order valence-electron chi connectivity index (χ4n) is 5.51. The van der Waals surface area contributed by atoms with Crippen LogP contribution in [0.5, 0.6) is 11.5 Å². The van der Waals surface area contributed by atoms with Gasteiger partial charge in [0.1, 0.15) is 23.1 Å². The third kappa shape index (κ3) is 5.96. The maximum absolute atomic E-state index is 13.5. The lowest BCUT2D eigenvalue weighted by Crippen LogP contribution is -2.14. The number of halogens is 2. The van der Waals surface area contributed by atoms with Gasteiger partial charge in [-0.25, -0.2) is 13.8 Å². The van der Waals surface area contributed by atoms with Crippen LogP contribution in [0.4, 0.5) is 8.78 Å². The molecule has 5 nitrogen and oxygen atoms in total. The Morgan fingerprint density at radius 2 is 1.79 bits per heavy atom. The molecular formula is C35H35F2N3O2. The first kappa shape index (κ1) is 29.1. The fourth-order valence-corrected chi connectivity index (χ4v) is 5.51. The number of carbonyl (C=O) groups is 1. The average molecular weight is 568 g/mol. The first-order valence-corrected chi connectivity index (χ1v) is 14.0. The zero-order chi connectivity index (χ0) is 30.3. The van der Waals surface area contributed by atoms with Crippen LogP contribution in [0.1, 0.15) is 67.5 Å². The molecule has 0 aromatic heterocycles. The molecule has 1 aliphatic heterocycles. The lowest BCUT2D eigenvalue weighted by atomic mass is 9.82. The molecule has 4 aromatic rings. The summed E-state index contributed by atoms with van der Waals surface area (Å²) in [4.78, 5) is 15.9. The van der Waals surface area contributed by atoms with Gasteiger partial charge >= 0.3 is 0 Å². The Morgan fingerprint density at radius 1 is 1.02 bits per heavy atom. The molecule has 0 spiro atoms. The van der Waals surface area contributed by atoms with Crippen LogP contribution in [0.15, 0.2) is 65.7 Å². The van der Waals surface area contributed by atoms with Crippen molar-refractivity contribution >= 4 is 28.2 Å². The molecule has 0 amide bonds. The van der Waals surface area contributed by atoms with E-state index in [-0.39, 0.29) is 29.3 Å². The number of ketones is 1. The van der Waals surface area contributed by atoms with Gasteiger partial charge in [0.25, 0.3) is 0 Å². The summed E-state index contributed by atoms with van der Waals surface area (Å²) in [5.41, 5.74) is 12.2. The van der Waals surface area contributed by atoms with Crippen molar-refractivity contribution in [2.75, 3.05) is 0 Å². The van der Waals surface area contributed by atoms with E-state index in [1.54, 1.807) is 19.1 Å². The summed E-state index contributed by atoms with van der Waals surface area (Å²) < 4.78 is 33.6. The summed E-state index contributed by atoms with van der Waals surface area (Å²) in [7, 11) is 0. The minimum absolute atomic E-state index is 0.0629. The predicted molar refractivity (Wildman–Crippen MR) is 166 cm³/mol. The number of amidine groups is 2. The van der Waals surface area contributed by atoms with Crippen LogP contribution in [0.3, 0.4) is 0 Å². The number of hydrogen-bond donors (Lipinski definition) is 2. The van der Waals surface area contributed by atoms with Crippen molar-refractivity contribution in [3.8, 4) is 22.6 Å². The lowest BCUT2D eigenvalue weighted by Gasteiger charge is -2.24. The van der Waals surface area contributed by atoms with Gasteiger partial charge in [-0.15, -0.1) is 0 Å². The lowest BCUT2D eigenvalue weighted by molar-refractivity contribution is -0.116. The standard InChI is InChI=1S/C35H35F2N3O2/c1-19-11-22(15-29(36)37)13-23(12-19)31-30-24(17-27-32(31)34(39)40-33(27)38)16-25(35(3,4)5)18-28(30)42-26-8-6-7-21(14-26)10-9-20(2)41/h6-8,11-14,16-18,29H,9-10,15H2,1-5H3,(H3,38,39,40). The molecule has 42 heavy (non-hydrogen) atoms. The van der Waals surface area contributed by atoms with Gasteiger partial charge in [-0.2, -0.15) is 0 Å². The normalized spacial score (nSPS) is 13.0. The van der Waals surface area contributed by atoms with Crippen LogP contribution in [0.25, 0.3) is 21.9 Å². The number of carbonyl (C=O) groups excluding carboxylic acids is 1. The number of hydrogen-bond acceptors (Lipinski definition) is 4. The predicted octanol–water partition coefficient (Wildman–Crippen LogP) is 8.28. The Bertz CT molecular complexity index is 1770. The number of fused-ring (bicyclic) bond motifs is 2. The van der Waals surface area contributed by atoms with Crippen LogP contribution in [0.2, 0.25) is 0 Å². The molecule has 0 fully saturated rings. The Kier molecular flexibility index (Phi) is 7.71. The van der Waals surface area contributed by atoms with Crippen molar-refractivity contribution in [3.63, 3.8) is 0 Å². The minimum atomic E-state index is -2.48. The van der Waals surface area contributed by atoms with Gasteiger partial charge in [-0.05, 0) is 77.6 Å². The monoisotopic (exact) mass is 567 g/mol. The molecule has 3 N–H and O–H groups in total. The highest BCUT2D eigenvalue weighted by molar-refractivity contribution is 6.27. The van der Waals surface area contributed by atoms with Crippen molar-refractivity contribution in [1.29, 1.82) is 5.41 Å². The highest BCUT2D eigenvalue weighted by atomic mass is 19.3. The van der Waals surface area contributed by atoms with Crippen molar-refractivity contribution in [2.24, 2.45) is 10.7 Å². The highest BCUT2D eigenvalue weighted by Gasteiger charge is 2.29. The number of Topliss-reactive ketones (excluding diaryl/α,β-unsaturated/α-hetero) is 1. The first-order chi connectivity index (χ1) is 19.8. The summed E-state index contributed by atoms with van der Waals surface area (Å²) in [6, 6.07) is 19.2. The molecular weight excluding hydrogens is 532 g/mol. The highest BCUT2D eigenvalue weighted by Crippen LogP contribution is 2.45. The molecule has 0 atom stereocenters. The van der Waals surface area contributed by atoms with Crippen LogP contribution < -0.4 is 10.5 Å². The Labute approximate surface area is 244 Å². The smallest absolute Gasteiger partial charge is 0.242 e. The number of aliphatic imine (C=N–C) groups is 1. The third-order valence-corrected chi connectivity index (χ3v) is 7.52. The molecule has 4 aromatic carbocycles. The fraction of sp³-hybridized carbons (Fsp3) is 0.286. The average Bonchev–Trinajstić information content (AvgIpc) is 3.17. The number of aryl methyl sites for hydroxylation is 2. The zero-order valence-corrected chi connectivity index (χ0v) is 24.6. The number of nitrogens with zero attached hydrogens (tertiary/aromatic N) is 1. The van der Waals surface area contributed by atoms with Crippen molar-refractivity contribution < 1.29 is 18.3 Å². The van der Waals surface area contributed by atoms with E-state index < -0.39 is 6.43 Å². The van der Waals surface area contributed by atoms with Gasteiger partial charge < -0.3 is 15.3 Å². The van der Waals surface area contributed by atoms with Gasteiger partial charge in [0, 0.05) is 34.9 Å². The zero-order valence-electron chi connectivity index (χ0n) is 24.6. The van der Waals surface area contributed by atoms with E-state index in [0.29, 0.717) is 52.2 Å². The van der Waals surface area contributed by atoms with Crippen molar-refractivity contribution in [1.82, 2.24) is 0 Å². The van der Waals surface area contributed by atoms with Crippen molar-refractivity contribution in [3.05, 3.63) is 94.0 Å². The Hall–Kier alpha value is -4.39. The third-order valence-electron chi connectivity index (χ3n) is 7.52. The molecule has 5 rings (SSSR count). The second kappa shape index (κ2) is 11.1. The van der Waals surface area contributed by atoms with E-state index in [0.717, 1.165) is 27.5 Å². The number of ether oxygens (including phenoxy) is 1. The van der Waals surface area contributed by atoms with Crippen LogP contribution in [-0.4, -0.2) is 23.9 Å². The number of benzene rings is 4. The van der Waals surface area contributed by atoms with Gasteiger partial charge in [-0.1, -0.05) is 62.7 Å². The molecule has 216 valence electrons. The van der Waals surface area contributed by atoms with E-state index in [2.05, 4.69) is 31.8 Å². The minimum Gasteiger partial charge on any atom is -0.457 e. The molecule has 0 unspecified atom stereocenters. The Balaban J connectivity index is 1.81. The van der Waals surface area contributed by atoms with Crippen LogP contribution in [-0.2, 0) is 23.1 Å². The summed E-state index contributed by atoms with van der Waals surface area (Å²) in [5.74, 6) is 1.60. The van der Waals surface area contributed by atoms with E-state index in [1.165, 1.54) is 0 Å². The maximum Gasteiger partial charge on any atom is 0.242 e. The number of nitrogens with one attached hydrogen (secondary N) is 1. The SMILES string of the molecule is CC(=O)CCc1cccc(Oc2cc(C(C)(C)C)cc3cc4c(c(-c5cc(C)cc(CC(F)F)c5)c23)C(N)=NC4=N)c1. The number of rotatable bonds is 8. The van der Waals surface area contributed by atoms with E-state index >= 15 is 0 Å². The van der Waals surface area contributed by atoms with Crippen LogP contribution >= 0.6 is 0 Å². The topological polar surface area (TPSA) is 88.5 Å². The maximum atomic E-state index is 13.5. The second-order valence-electron chi connectivity index (χ2n) is 12.1. The summed E-state index contributed by atoms with van der Waals surface area (Å²) in [5, 5.41) is 10.2. The van der Waals surface area contributed by atoms with Crippen LogP contribution in [0, 0.1) is 12.3 Å². The molecule has 1 heterocycles. The second-order valence-corrected chi connectivity index (χ2v) is 12.1. The van der Waals surface area contributed by atoms with Gasteiger partial charge in [0.05, 0.1) is 0 Å². The molecule has 0 aliphatic carbocycles. The summed E-state index contributed by atoms with van der Waals surface area (Å²) in [6.07, 6.45) is -1.80. The molecule has 0 saturated carbocycles. The van der Waals surface area contributed by atoms with Gasteiger partial charge in [-0.3, -0.25) is 5.41 Å². The first-order valence-electron chi connectivity index (χ1n) is 14.0. The van der Waals surface area contributed by atoms with Gasteiger partial charge in [0.2, 0.25) is 6.43 Å². The summed E-state index contributed by atoms with van der Waals surface area (Å²) >= 11 is 0. The molecule has 0 radical (unpaired) electrons. The molecule has 0 bridgehead atoms. The Morgan fingerprint density at radius 3 is 2.48 bits per heavy atom. The molecule has 1 aliphatic rings. The van der Waals surface area contributed by atoms with Crippen molar-refractivity contribution in [2.45, 2.75) is 65.7 Å². The van der Waals surface area contributed by atoms with E-state index in [1.807, 2.05) is 49.4 Å². The van der Waals surface area contributed by atoms with E-state index in [4.69, 9.17) is 15.9 Å². The van der Waals surface area contributed by atoms with E-state index in [9.17, 15) is 13.6 Å². The number of nitrogens with two attached hydrogens (primary N) is 1. The largest absolute Gasteiger partial charge is 0.457 e. The quantitative estimate of drug-likeness (QED) is 0.225.